The van der Waals surface area contributed by atoms with Crippen LogP contribution in [-0.4, -0.2) is 30.0 Å². The molecule has 2 saturated heterocycles. The molecule has 4 atom stereocenters. The average molecular weight is 361 g/mol. The van der Waals surface area contributed by atoms with E-state index in [1.54, 1.807) is 12.1 Å². The molecule has 0 aromatic heterocycles. The first kappa shape index (κ1) is 11.7. The molecule has 2 aliphatic heterocycles. The Morgan fingerprint density at radius 3 is 2.64 bits per heavy atom. The molecule has 2 unspecified atom stereocenters. The van der Waals surface area contributed by atoms with E-state index in [1.807, 2.05) is 19.2 Å². The highest BCUT2D eigenvalue weighted by molar-refractivity contribution is 6.30. The molecule has 2 aliphatic rings. The number of para-hydroxylation sites is 1. The lowest BCUT2D eigenvalue weighted by atomic mass is 9.76. The lowest BCUT2D eigenvalue weighted by Gasteiger charge is -2.41. The molecule has 2 aromatic rings. The number of hydrogen-bond acceptors (Lipinski definition) is 3. The summed E-state index contributed by atoms with van der Waals surface area (Å²) in [5.41, 5.74) is 0.993. The smallest absolute Gasteiger partial charge is 0.316 e. The third kappa shape index (κ3) is 3.19. The second kappa shape index (κ2) is 6.81. The minimum Gasteiger partial charge on any atom is -0.426 e. The Bertz CT molecular complexity index is 971. The molecule has 2 heterocycles. The third-order valence-corrected chi connectivity index (χ3v) is 5.77. The van der Waals surface area contributed by atoms with Gasteiger partial charge in [0.15, 0.2) is 0 Å². The van der Waals surface area contributed by atoms with E-state index in [0.29, 0.717) is 11.1 Å². The highest BCUT2D eigenvalue weighted by Gasteiger charge is 2.49. The first-order valence-corrected chi connectivity index (χ1v) is 8.84. The Kier molecular flexibility index (Phi) is 3.19. The molecule has 2 fully saturated rings. The van der Waals surface area contributed by atoms with Crippen LogP contribution in [0.4, 0.5) is 0 Å². The molecule has 25 heavy (non-hydrogen) atoms. The van der Waals surface area contributed by atoms with Gasteiger partial charge in [-0.2, -0.15) is 0 Å². The lowest BCUT2D eigenvalue weighted by Crippen LogP contribution is -2.49. The molecule has 0 radical (unpaired) electrons. The number of fused-ring (bicyclic) bond motifs is 2. The molecule has 0 amide bonds. The van der Waals surface area contributed by atoms with Crippen LogP contribution in [0.25, 0.3) is 0 Å². The number of benzene rings is 2. The van der Waals surface area contributed by atoms with Gasteiger partial charge < -0.3 is 4.74 Å². The van der Waals surface area contributed by atoms with Gasteiger partial charge in [0.25, 0.3) is 0 Å². The van der Waals surface area contributed by atoms with Crippen LogP contribution in [0.5, 0.6) is 5.75 Å². The number of esters is 1. The van der Waals surface area contributed by atoms with Gasteiger partial charge in [0.2, 0.25) is 0 Å². The maximum atomic E-state index is 13.4. The Balaban J connectivity index is 1.71. The fourth-order valence-corrected chi connectivity index (χ4v) is 4.43. The summed E-state index contributed by atoms with van der Waals surface area (Å²) in [4.78, 5) is 15.6. The van der Waals surface area contributed by atoms with Crippen molar-refractivity contribution in [3.8, 4) is 5.75 Å². The van der Waals surface area contributed by atoms with Crippen molar-refractivity contribution in [3.63, 3.8) is 0 Å². The molecule has 0 aliphatic carbocycles. The largest absolute Gasteiger partial charge is 0.426 e. The van der Waals surface area contributed by atoms with Gasteiger partial charge in [0, 0.05) is 23.0 Å². The van der Waals surface area contributed by atoms with E-state index in [1.165, 1.54) is 0 Å². The molecule has 2 bridgehead atoms. The number of halogens is 1. The fourth-order valence-electron chi connectivity index (χ4n) is 4.30. The number of rotatable bonds is 3. The van der Waals surface area contributed by atoms with Crippen molar-refractivity contribution in [1.29, 1.82) is 0 Å². The Morgan fingerprint density at radius 2 is 1.92 bits per heavy atom. The summed E-state index contributed by atoms with van der Waals surface area (Å²) in [5, 5.41) is 0.618. The van der Waals surface area contributed by atoms with E-state index < -0.39 is 47.8 Å². The average Bonchev–Trinajstić information content (AvgIpc) is 2.96. The summed E-state index contributed by atoms with van der Waals surface area (Å²) in [7, 11) is 2.01. The van der Waals surface area contributed by atoms with E-state index in [0.717, 1.165) is 24.8 Å². The lowest BCUT2D eigenvalue weighted by molar-refractivity contribution is -0.143. The summed E-state index contributed by atoms with van der Waals surface area (Å²) in [6, 6.07) is 5.22. The van der Waals surface area contributed by atoms with Gasteiger partial charge in [-0.25, -0.2) is 0 Å². The van der Waals surface area contributed by atoms with Crippen LogP contribution in [0.1, 0.15) is 37.6 Å². The summed E-state index contributed by atoms with van der Waals surface area (Å²) >= 11 is 6.03. The van der Waals surface area contributed by atoms with Crippen LogP contribution in [0, 0.1) is 5.92 Å². The van der Waals surface area contributed by atoms with Gasteiger partial charge in [-0.15, -0.1) is 0 Å². The van der Waals surface area contributed by atoms with Gasteiger partial charge in [0.1, 0.15) is 5.75 Å². The number of nitrogens with zero attached hydrogens (tertiary/aromatic N) is 1. The van der Waals surface area contributed by atoms with Gasteiger partial charge >= 0.3 is 5.97 Å². The topological polar surface area (TPSA) is 29.5 Å². The standard InChI is InChI=1S/C21H22ClNO2/c1-23-16-11-12-19(23)20(21(24)25-17-5-3-2-4-6-17)18(13-16)14-7-9-15(22)10-8-14/h2-10,16,18-20H,11-13H2,1H3/t16?,18-,19?,20+/m1/s1/i2D,3D,4D,5D,6D. The molecule has 130 valence electrons. The fraction of sp³-hybridized carbons (Fsp3) is 0.381. The zero-order chi connectivity index (χ0) is 21.7. The van der Waals surface area contributed by atoms with Crippen molar-refractivity contribution >= 4 is 17.6 Å². The summed E-state index contributed by atoms with van der Waals surface area (Å²) in [6.07, 6.45) is 2.63. The predicted molar refractivity (Wildman–Crippen MR) is 99.0 cm³/mol. The molecule has 4 heteroatoms. The number of hydrogen-bond donors (Lipinski definition) is 0. The quantitative estimate of drug-likeness (QED) is 0.595. The number of ether oxygens (including phenoxy) is 1. The van der Waals surface area contributed by atoms with Gasteiger partial charge in [0.05, 0.1) is 12.8 Å². The second-order valence-electron chi connectivity index (χ2n) is 6.76. The molecule has 4 rings (SSSR count). The summed E-state index contributed by atoms with van der Waals surface area (Å²) < 4.78 is 45.0. The zero-order valence-electron chi connectivity index (χ0n) is 18.9. The monoisotopic (exact) mass is 360 g/mol. The zero-order valence-corrected chi connectivity index (χ0v) is 14.6. The van der Waals surface area contributed by atoms with Crippen LogP contribution in [0.15, 0.2) is 54.5 Å². The highest BCUT2D eigenvalue weighted by atomic mass is 35.5. The van der Waals surface area contributed by atoms with Crippen molar-refractivity contribution in [2.75, 3.05) is 7.05 Å². The van der Waals surface area contributed by atoms with Crippen LogP contribution in [0.3, 0.4) is 0 Å². The van der Waals surface area contributed by atoms with Crippen LogP contribution in [-0.2, 0) is 4.79 Å². The van der Waals surface area contributed by atoms with Crippen molar-refractivity contribution in [1.82, 2.24) is 4.90 Å². The molecule has 0 saturated carbocycles. The Hall–Kier alpha value is -1.84. The van der Waals surface area contributed by atoms with Gasteiger partial charge in [-0.05, 0) is 56.1 Å². The molecular formula is C21H22ClNO2. The third-order valence-electron chi connectivity index (χ3n) is 5.52. The van der Waals surface area contributed by atoms with E-state index in [9.17, 15) is 4.79 Å². The minimum atomic E-state index is -0.564. The van der Waals surface area contributed by atoms with Crippen LogP contribution in [0.2, 0.25) is 5.02 Å². The van der Waals surface area contributed by atoms with Crippen LogP contribution < -0.4 is 4.74 Å². The number of carbonyl (C=O) groups excluding carboxylic acids is 1. The maximum Gasteiger partial charge on any atom is 0.316 e. The van der Waals surface area contributed by atoms with Crippen molar-refractivity contribution in [2.45, 2.75) is 37.3 Å². The summed E-state index contributed by atoms with van der Waals surface area (Å²) in [5.74, 6) is -1.57. The normalized spacial score (nSPS) is 31.5. The maximum absolute atomic E-state index is 13.4. The summed E-state index contributed by atoms with van der Waals surface area (Å²) in [6.45, 7) is 0. The van der Waals surface area contributed by atoms with Crippen molar-refractivity contribution < 1.29 is 16.4 Å². The second-order valence-corrected chi connectivity index (χ2v) is 7.20. The van der Waals surface area contributed by atoms with Crippen molar-refractivity contribution in [3.05, 3.63) is 65.1 Å². The van der Waals surface area contributed by atoms with Crippen molar-refractivity contribution in [2.24, 2.45) is 5.92 Å². The number of carbonyl (C=O) groups is 1. The molecule has 0 spiro atoms. The van der Waals surface area contributed by atoms with Crippen LogP contribution >= 0.6 is 11.6 Å². The molecule has 0 N–H and O–H groups in total. The Labute approximate surface area is 160 Å². The number of piperidine rings is 1. The first-order chi connectivity index (χ1) is 14.2. The first-order valence-electron chi connectivity index (χ1n) is 11.0. The Morgan fingerprint density at radius 1 is 1.20 bits per heavy atom. The highest BCUT2D eigenvalue weighted by Crippen LogP contribution is 2.46. The molecule has 2 aromatic carbocycles. The van der Waals surface area contributed by atoms with E-state index in [-0.39, 0.29) is 12.0 Å². The molecular weight excluding hydrogens is 334 g/mol. The van der Waals surface area contributed by atoms with E-state index in [2.05, 4.69) is 4.90 Å². The van der Waals surface area contributed by atoms with E-state index in [4.69, 9.17) is 23.2 Å². The SMILES string of the molecule is [2H]c1c([2H])c([2H])c(OC(=O)[C@@H]2C3CCC(C[C@@H]2c2ccc(Cl)cc2)N3C)c([2H])c1[2H]. The van der Waals surface area contributed by atoms with Gasteiger partial charge in [-0.1, -0.05) is 41.9 Å². The van der Waals surface area contributed by atoms with Gasteiger partial charge in [-0.3, -0.25) is 9.69 Å². The molecule has 3 nitrogen and oxygen atoms in total. The minimum absolute atomic E-state index is 0.0262. The predicted octanol–water partition coefficient (Wildman–Crippen LogP) is 4.51. The van der Waals surface area contributed by atoms with E-state index >= 15 is 0 Å².